The summed E-state index contributed by atoms with van der Waals surface area (Å²) in [4.78, 5) is 31.1. The molecule has 0 aliphatic carbocycles. The minimum absolute atomic E-state index is 0.125. The molecule has 0 spiro atoms. The van der Waals surface area contributed by atoms with Gasteiger partial charge in [-0.25, -0.2) is 4.98 Å². The minimum atomic E-state index is -0.196. The van der Waals surface area contributed by atoms with Crippen molar-refractivity contribution in [2.45, 2.75) is 19.4 Å². The van der Waals surface area contributed by atoms with Gasteiger partial charge >= 0.3 is 0 Å². The van der Waals surface area contributed by atoms with Crippen LogP contribution in [-0.2, 0) is 17.8 Å². The fraction of sp³-hybridized carbons (Fsp3) is 0.158. The molecule has 0 saturated heterocycles. The number of benzene rings is 2. The number of aromatic amines is 1. The molecular weight excluding hydrogens is 316 g/mol. The van der Waals surface area contributed by atoms with Crippen molar-refractivity contribution in [2.75, 3.05) is 0 Å². The van der Waals surface area contributed by atoms with Gasteiger partial charge in [-0.15, -0.1) is 0 Å². The lowest BCUT2D eigenvalue weighted by molar-refractivity contribution is -0.121. The number of carbonyl (C=O) groups is 1. The number of amides is 1. The van der Waals surface area contributed by atoms with Crippen LogP contribution in [0.3, 0.4) is 0 Å². The van der Waals surface area contributed by atoms with Gasteiger partial charge in [0.2, 0.25) is 5.91 Å². The number of H-pyrrole nitrogens is 1. The maximum Gasteiger partial charge on any atom is 0.258 e. The van der Waals surface area contributed by atoms with Crippen LogP contribution >= 0.6 is 0 Å². The highest BCUT2D eigenvalue weighted by Gasteiger charge is 2.07. The molecule has 0 saturated carbocycles. The Kier molecular flexibility index (Phi) is 4.86. The van der Waals surface area contributed by atoms with E-state index in [-0.39, 0.29) is 17.9 Å². The predicted octanol–water partition coefficient (Wildman–Crippen LogP) is 2.04. The van der Waals surface area contributed by atoms with E-state index >= 15 is 0 Å². The minimum Gasteiger partial charge on any atom is -0.352 e. The van der Waals surface area contributed by atoms with Gasteiger partial charge in [-0.3, -0.25) is 9.59 Å². The van der Waals surface area contributed by atoms with Crippen LogP contribution in [0.25, 0.3) is 10.9 Å². The summed E-state index contributed by atoms with van der Waals surface area (Å²) in [7, 11) is 0. The number of para-hydroxylation sites is 1. The highest BCUT2D eigenvalue weighted by molar-refractivity contribution is 5.78. The van der Waals surface area contributed by atoms with Crippen molar-refractivity contribution >= 4 is 16.8 Å². The third kappa shape index (κ3) is 4.09. The van der Waals surface area contributed by atoms with Gasteiger partial charge in [-0.2, -0.15) is 5.26 Å². The maximum atomic E-state index is 12.0. The summed E-state index contributed by atoms with van der Waals surface area (Å²) >= 11 is 0. The van der Waals surface area contributed by atoms with E-state index in [2.05, 4.69) is 21.4 Å². The van der Waals surface area contributed by atoms with E-state index in [1.54, 1.807) is 42.5 Å². The topological polar surface area (TPSA) is 98.6 Å². The quantitative estimate of drug-likeness (QED) is 0.747. The molecule has 1 amide bonds. The molecule has 124 valence electrons. The number of fused-ring (bicyclic) bond motifs is 1. The van der Waals surface area contributed by atoms with Crippen molar-refractivity contribution in [3.8, 4) is 6.07 Å². The first-order chi connectivity index (χ1) is 12.2. The zero-order valence-corrected chi connectivity index (χ0v) is 13.5. The molecule has 2 aromatic carbocycles. The number of hydrogen-bond acceptors (Lipinski definition) is 4. The summed E-state index contributed by atoms with van der Waals surface area (Å²) in [6, 6.07) is 16.2. The van der Waals surface area contributed by atoms with Gasteiger partial charge in [-0.05, 0) is 29.8 Å². The van der Waals surface area contributed by atoms with Crippen molar-refractivity contribution in [1.82, 2.24) is 15.3 Å². The van der Waals surface area contributed by atoms with E-state index in [1.165, 1.54) is 0 Å². The fourth-order valence-electron chi connectivity index (χ4n) is 2.47. The molecule has 0 radical (unpaired) electrons. The summed E-state index contributed by atoms with van der Waals surface area (Å²) in [5, 5.41) is 12.1. The van der Waals surface area contributed by atoms with Gasteiger partial charge in [-0.1, -0.05) is 24.3 Å². The number of nitrogens with one attached hydrogen (secondary N) is 2. The molecular formula is C19H16N4O2. The summed E-state index contributed by atoms with van der Waals surface area (Å²) in [6.07, 6.45) is 0.594. The molecule has 0 aliphatic rings. The Labute approximate surface area is 144 Å². The predicted molar refractivity (Wildman–Crippen MR) is 93.7 cm³/mol. The maximum absolute atomic E-state index is 12.0. The third-order valence-electron chi connectivity index (χ3n) is 3.82. The fourth-order valence-corrected chi connectivity index (χ4v) is 2.47. The molecule has 25 heavy (non-hydrogen) atoms. The van der Waals surface area contributed by atoms with Gasteiger partial charge in [0.1, 0.15) is 5.82 Å². The molecule has 0 bridgehead atoms. The normalized spacial score (nSPS) is 10.4. The van der Waals surface area contributed by atoms with Crippen molar-refractivity contribution in [2.24, 2.45) is 0 Å². The molecule has 0 aliphatic heterocycles. The van der Waals surface area contributed by atoms with E-state index in [0.29, 0.717) is 35.3 Å². The number of rotatable bonds is 5. The second-order valence-corrected chi connectivity index (χ2v) is 5.62. The molecule has 1 aromatic heterocycles. The Morgan fingerprint density at radius 3 is 2.68 bits per heavy atom. The van der Waals surface area contributed by atoms with E-state index in [4.69, 9.17) is 5.26 Å². The van der Waals surface area contributed by atoms with Crippen LogP contribution < -0.4 is 10.9 Å². The van der Waals surface area contributed by atoms with E-state index in [9.17, 15) is 9.59 Å². The van der Waals surface area contributed by atoms with Crippen LogP contribution in [0.4, 0.5) is 0 Å². The molecule has 3 aromatic rings. The number of carbonyl (C=O) groups excluding carboxylic acids is 1. The van der Waals surface area contributed by atoms with Crippen molar-refractivity contribution in [3.63, 3.8) is 0 Å². The zero-order chi connectivity index (χ0) is 17.6. The van der Waals surface area contributed by atoms with Gasteiger partial charge in [0.05, 0.1) is 22.5 Å². The summed E-state index contributed by atoms with van der Waals surface area (Å²) in [5.74, 6) is 0.373. The van der Waals surface area contributed by atoms with Crippen molar-refractivity contribution in [3.05, 3.63) is 75.8 Å². The lowest BCUT2D eigenvalue weighted by Crippen LogP contribution is -2.23. The summed E-state index contributed by atoms with van der Waals surface area (Å²) in [5.41, 5.74) is 1.93. The lowest BCUT2D eigenvalue weighted by Gasteiger charge is -2.06. The number of aromatic nitrogens is 2. The van der Waals surface area contributed by atoms with E-state index < -0.39 is 0 Å². The Morgan fingerprint density at radius 1 is 1.16 bits per heavy atom. The first-order valence-electron chi connectivity index (χ1n) is 7.89. The Balaban J connectivity index is 1.57. The highest BCUT2D eigenvalue weighted by Crippen LogP contribution is 2.07. The van der Waals surface area contributed by atoms with Gasteiger partial charge in [0.25, 0.3) is 5.56 Å². The monoisotopic (exact) mass is 332 g/mol. The van der Waals surface area contributed by atoms with E-state index in [1.807, 2.05) is 6.07 Å². The van der Waals surface area contributed by atoms with Gasteiger partial charge in [0.15, 0.2) is 0 Å². The lowest BCUT2D eigenvalue weighted by atomic mass is 10.1. The molecule has 0 atom stereocenters. The number of nitrogens with zero attached hydrogens (tertiary/aromatic N) is 2. The van der Waals surface area contributed by atoms with Crippen molar-refractivity contribution < 1.29 is 4.79 Å². The van der Waals surface area contributed by atoms with E-state index in [0.717, 1.165) is 5.56 Å². The van der Waals surface area contributed by atoms with Gasteiger partial charge < -0.3 is 10.3 Å². The van der Waals surface area contributed by atoms with Gasteiger partial charge in [0, 0.05) is 19.4 Å². The Morgan fingerprint density at radius 2 is 1.92 bits per heavy atom. The first kappa shape index (κ1) is 16.4. The second-order valence-electron chi connectivity index (χ2n) is 5.62. The SMILES string of the molecule is N#Cc1ccc(CNC(=O)CCc2nc3ccccc3c(=O)[nH]2)cc1. The van der Waals surface area contributed by atoms with Crippen LogP contribution in [0, 0.1) is 11.3 Å². The standard InChI is InChI=1S/C19H16N4O2/c20-11-13-5-7-14(8-6-13)12-21-18(24)10-9-17-22-16-4-2-1-3-15(16)19(25)23-17/h1-8H,9-10,12H2,(H,21,24)(H,22,23,25). The first-order valence-corrected chi connectivity index (χ1v) is 7.89. The summed E-state index contributed by atoms with van der Waals surface area (Å²) in [6.45, 7) is 0.395. The number of hydrogen-bond donors (Lipinski definition) is 2. The molecule has 0 fully saturated rings. The zero-order valence-electron chi connectivity index (χ0n) is 13.5. The number of nitriles is 1. The van der Waals surface area contributed by atoms with Crippen LogP contribution in [0.15, 0.2) is 53.3 Å². The molecule has 1 heterocycles. The third-order valence-corrected chi connectivity index (χ3v) is 3.82. The van der Waals surface area contributed by atoms with Crippen LogP contribution in [0.1, 0.15) is 23.4 Å². The Bertz CT molecular complexity index is 1000. The largest absolute Gasteiger partial charge is 0.352 e. The molecule has 0 unspecified atom stereocenters. The molecule has 2 N–H and O–H groups in total. The average Bonchev–Trinajstić information content (AvgIpc) is 2.65. The second kappa shape index (κ2) is 7.41. The van der Waals surface area contributed by atoms with Crippen LogP contribution in [-0.4, -0.2) is 15.9 Å². The van der Waals surface area contributed by atoms with Crippen LogP contribution in [0.2, 0.25) is 0 Å². The molecule has 6 nitrogen and oxygen atoms in total. The molecule has 3 rings (SSSR count). The van der Waals surface area contributed by atoms with Crippen LogP contribution in [0.5, 0.6) is 0 Å². The highest BCUT2D eigenvalue weighted by atomic mass is 16.1. The summed E-state index contributed by atoms with van der Waals surface area (Å²) < 4.78 is 0. The smallest absolute Gasteiger partial charge is 0.258 e. The van der Waals surface area contributed by atoms with Crippen molar-refractivity contribution in [1.29, 1.82) is 5.26 Å². The average molecular weight is 332 g/mol. The molecule has 6 heteroatoms. The Hall–Kier alpha value is -3.46. The number of aryl methyl sites for hydroxylation is 1.